The maximum absolute atomic E-state index is 2.43. The molecule has 0 atom stereocenters. The van der Waals surface area contributed by atoms with Crippen molar-refractivity contribution in [2.75, 3.05) is 0 Å². The van der Waals surface area contributed by atoms with Crippen molar-refractivity contribution in [3.8, 4) is 0 Å². The zero-order valence-electron chi connectivity index (χ0n) is 12.6. The molecule has 0 heteroatoms. The first-order valence-corrected chi connectivity index (χ1v) is 7.13. The Hall–Kier alpha value is -1.04. The minimum atomic E-state index is 0.584. The van der Waals surface area contributed by atoms with Crippen LogP contribution >= 0.6 is 0 Å². The van der Waals surface area contributed by atoms with Gasteiger partial charge in [-0.3, -0.25) is 0 Å². The fraction of sp³-hybridized carbons (Fsp3) is 0.556. The van der Waals surface area contributed by atoms with E-state index in [1.54, 1.807) is 22.3 Å². The Morgan fingerprint density at radius 3 is 1.00 bits per heavy atom. The Bertz CT molecular complexity index is 372. The van der Waals surface area contributed by atoms with Gasteiger partial charge in [0.2, 0.25) is 0 Å². The molecule has 0 heterocycles. The van der Waals surface area contributed by atoms with Crippen molar-refractivity contribution in [2.45, 2.75) is 41.5 Å². The van der Waals surface area contributed by atoms with Gasteiger partial charge >= 0.3 is 0 Å². The molecule has 18 heavy (non-hydrogen) atoms. The van der Waals surface area contributed by atoms with Crippen LogP contribution < -0.4 is 0 Å². The maximum Gasteiger partial charge on any atom is 0.0105 e. The summed E-state index contributed by atoms with van der Waals surface area (Å²) >= 11 is 0. The highest BCUT2D eigenvalue weighted by molar-refractivity contribution is 5.37. The van der Waals surface area contributed by atoms with Gasteiger partial charge in [-0.15, -0.1) is 0 Å². The smallest absolute Gasteiger partial charge is 0.0105 e. The summed E-state index contributed by atoms with van der Waals surface area (Å²) in [6.45, 7) is 13.8. The Balaban J connectivity index is 2.37. The molecular weight excluding hydrogens is 216 g/mol. The van der Waals surface area contributed by atoms with E-state index in [4.69, 9.17) is 0 Å². The zero-order valence-corrected chi connectivity index (χ0v) is 12.6. The summed E-state index contributed by atoms with van der Waals surface area (Å²) in [6.07, 6.45) is 9.71. The van der Waals surface area contributed by atoms with Gasteiger partial charge in [0.1, 0.15) is 0 Å². The van der Waals surface area contributed by atoms with Crippen LogP contribution in [0.5, 0.6) is 0 Å². The predicted molar refractivity (Wildman–Crippen MR) is 80.3 cm³/mol. The normalized spacial score (nSPS) is 36.6. The molecule has 98 valence electrons. The number of allylic oxidation sites excluding steroid dienone is 8. The molecule has 2 aliphatic rings. The second kappa shape index (κ2) is 4.91. The van der Waals surface area contributed by atoms with Crippen LogP contribution in [0.3, 0.4) is 0 Å². The summed E-state index contributed by atoms with van der Waals surface area (Å²) in [5, 5.41) is 0. The van der Waals surface area contributed by atoms with Crippen molar-refractivity contribution in [3.05, 3.63) is 46.6 Å². The lowest BCUT2D eigenvalue weighted by molar-refractivity contribution is 0.516. The predicted octanol–water partition coefficient (Wildman–Crippen LogP) is 5.30. The van der Waals surface area contributed by atoms with Crippen molar-refractivity contribution in [2.24, 2.45) is 23.7 Å². The Labute approximate surface area is 112 Å². The third-order valence-electron chi connectivity index (χ3n) is 4.40. The highest BCUT2D eigenvalue weighted by Gasteiger charge is 2.31. The van der Waals surface area contributed by atoms with E-state index in [1.165, 1.54) is 0 Å². The van der Waals surface area contributed by atoms with Crippen molar-refractivity contribution in [3.63, 3.8) is 0 Å². The second-order valence-electron chi connectivity index (χ2n) is 6.32. The summed E-state index contributed by atoms with van der Waals surface area (Å²) in [4.78, 5) is 0. The first kappa shape index (κ1) is 13.4. The summed E-state index contributed by atoms with van der Waals surface area (Å²) in [7, 11) is 0. The van der Waals surface area contributed by atoms with Gasteiger partial charge in [0.25, 0.3) is 0 Å². The summed E-state index contributed by atoms with van der Waals surface area (Å²) < 4.78 is 0. The monoisotopic (exact) mass is 242 g/mol. The lowest BCUT2D eigenvalue weighted by Gasteiger charge is -2.36. The van der Waals surface area contributed by atoms with E-state index in [-0.39, 0.29) is 0 Å². The van der Waals surface area contributed by atoms with E-state index in [0.717, 1.165) is 0 Å². The lowest BCUT2D eigenvalue weighted by Crippen LogP contribution is -2.25. The van der Waals surface area contributed by atoms with Gasteiger partial charge in [-0.25, -0.2) is 0 Å². The molecule has 0 aromatic rings. The molecule has 0 saturated heterocycles. The highest BCUT2D eigenvalue weighted by Crippen LogP contribution is 2.42. The van der Waals surface area contributed by atoms with Crippen LogP contribution in [0, 0.1) is 23.7 Å². The maximum atomic E-state index is 2.43. The molecule has 0 nitrogen and oxygen atoms in total. The van der Waals surface area contributed by atoms with Crippen molar-refractivity contribution >= 4 is 0 Å². The van der Waals surface area contributed by atoms with E-state index in [9.17, 15) is 0 Å². The minimum absolute atomic E-state index is 0.584. The van der Waals surface area contributed by atoms with E-state index in [2.05, 4.69) is 65.8 Å². The largest absolute Gasteiger partial charge is 0.0783 e. The average molecular weight is 242 g/mol. The van der Waals surface area contributed by atoms with Gasteiger partial charge in [-0.05, 0) is 39.5 Å². The van der Waals surface area contributed by atoms with Crippen LogP contribution in [0.4, 0.5) is 0 Å². The van der Waals surface area contributed by atoms with Crippen LogP contribution in [0.1, 0.15) is 41.5 Å². The first-order chi connectivity index (χ1) is 8.40. The third-order valence-corrected chi connectivity index (χ3v) is 4.40. The van der Waals surface area contributed by atoms with Crippen molar-refractivity contribution < 1.29 is 0 Å². The Morgan fingerprint density at radius 2 is 0.778 bits per heavy atom. The minimum Gasteiger partial charge on any atom is -0.0783 e. The van der Waals surface area contributed by atoms with Crippen LogP contribution in [-0.4, -0.2) is 0 Å². The molecule has 0 fully saturated rings. The topological polar surface area (TPSA) is 0 Å². The quantitative estimate of drug-likeness (QED) is 0.547. The van der Waals surface area contributed by atoms with Gasteiger partial charge in [0.05, 0.1) is 0 Å². The fourth-order valence-electron chi connectivity index (χ4n) is 3.94. The van der Waals surface area contributed by atoms with Crippen LogP contribution in [-0.2, 0) is 0 Å². The van der Waals surface area contributed by atoms with E-state index < -0.39 is 0 Å². The molecule has 0 bridgehead atoms. The molecule has 0 saturated carbocycles. The average Bonchev–Trinajstić information content (AvgIpc) is 2.20. The SMILES string of the molecule is CC1=CC(C)C=C(C)C1C1C(C)=CC(C)C=C1C. The summed E-state index contributed by atoms with van der Waals surface area (Å²) in [6, 6.07) is 0. The van der Waals surface area contributed by atoms with Gasteiger partial charge in [-0.1, -0.05) is 60.4 Å². The second-order valence-corrected chi connectivity index (χ2v) is 6.32. The number of hydrogen-bond acceptors (Lipinski definition) is 0. The molecule has 0 radical (unpaired) electrons. The molecule has 0 aromatic carbocycles. The van der Waals surface area contributed by atoms with Crippen LogP contribution in [0.25, 0.3) is 0 Å². The molecule has 0 aliphatic heterocycles. The molecule has 0 aromatic heterocycles. The summed E-state index contributed by atoms with van der Waals surface area (Å²) in [5.74, 6) is 2.36. The third kappa shape index (κ3) is 2.39. The highest BCUT2D eigenvalue weighted by atomic mass is 14.3. The molecule has 0 N–H and O–H groups in total. The van der Waals surface area contributed by atoms with Gasteiger partial charge in [0.15, 0.2) is 0 Å². The van der Waals surface area contributed by atoms with E-state index in [0.29, 0.717) is 23.7 Å². The summed E-state index contributed by atoms with van der Waals surface area (Å²) in [5.41, 5.74) is 6.18. The van der Waals surface area contributed by atoms with Gasteiger partial charge < -0.3 is 0 Å². The van der Waals surface area contributed by atoms with Gasteiger partial charge in [0, 0.05) is 11.8 Å². The van der Waals surface area contributed by atoms with E-state index >= 15 is 0 Å². The molecule has 0 unspecified atom stereocenters. The van der Waals surface area contributed by atoms with E-state index in [1.807, 2.05) is 0 Å². The number of rotatable bonds is 1. The first-order valence-electron chi connectivity index (χ1n) is 7.13. The van der Waals surface area contributed by atoms with Crippen LogP contribution in [0.15, 0.2) is 46.6 Å². The molecule has 0 amide bonds. The zero-order chi connectivity index (χ0) is 13.4. The van der Waals surface area contributed by atoms with Crippen molar-refractivity contribution in [1.29, 1.82) is 0 Å². The van der Waals surface area contributed by atoms with Crippen LogP contribution in [0.2, 0.25) is 0 Å². The fourth-order valence-corrected chi connectivity index (χ4v) is 3.94. The number of hydrogen-bond donors (Lipinski definition) is 0. The molecule has 2 aliphatic carbocycles. The van der Waals surface area contributed by atoms with Crippen molar-refractivity contribution in [1.82, 2.24) is 0 Å². The molecule has 0 spiro atoms. The Morgan fingerprint density at radius 1 is 0.556 bits per heavy atom. The van der Waals surface area contributed by atoms with Gasteiger partial charge in [-0.2, -0.15) is 0 Å². The standard InChI is InChI=1S/C18H26/c1-11-7-13(3)17(14(4)8-11)18-15(5)9-12(2)10-16(18)6/h7-12,17-18H,1-6H3. The molecular formula is C18H26. The molecule has 2 rings (SSSR count). The lowest BCUT2D eigenvalue weighted by atomic mass is 9.68. The Kier molecular flexibility index (Phi) is 3.66.